The van der Waals surface area contributed by atoms with Crippen LogP contribution in [0, 0.1) is 0 Å². The Balaban J connectivity index is 3.83. The van der Waals surface area contributed by atoms with E-state index in [-0.39, 0.29) is 0 Å². The van der Waals surface area contributed by atoms with Crippen LogP contribution in [0.1, 0.15) is 59.3 Å². The van der Waals surface area contributed by atoms with Gasteiger partial charge < -0.3 is 10.2 Å². The van der Waals surface area contributed by atoms with Gasteiger partial charge >= 0.3 is 0 Å². The monoisotopic (exact) mass is 228 g/mol. The zero-order valence-corrected chi connectivity index (χ0v) is 11.9. The Morgan fingerprint density at radius 2 is 1.56 bits per heavy atom. The second kappa shape index (κ2) is 11.4. The van der Waals surface area contributed by atoms with E-state index in [1.54, 1.807) is 0 Å². The first kappa shape index (κ1) is 15.9. The Labute approximate surface area is 103 Å². The van der Waals surface area contributed by atoms with E-state index in [0.717, 1.165) is 12.6 Å². The van der Waals surface area contributed by atoms with Crippen molar-refractivity contribution < 1.29 is 0 Å². The van der Waals surface area contributed by atoms with Gasteiger partial charge in [-0.1, -0.05) is 26.7 Å². The van der Waals surface area contributed by atoms with E-state index in [2.05, 4.69) is 31.0 Å². The Morgan fingerprint density at radius 1 is 1.00 bits per heavy atom. The standard InChI is InChI=1S/C14H32N2/c1-5-7-12-16(13-8-6-2)14(3)10-9-11-15-4/h14-15H,5-13H2,1-4H3. The number of unbranched alkanes of at least 4 members (excludes halogenated alkanes) is 2. The van der Waals surface area contributed by atoms with Crippen molar-refractivity contribution in [1.82, 2.24) is 10.2 Å². The Bertz CT molecular complexity index is 129. The number of nitrogens with zero attached hydrogens (tertiary/aromatic N) is 1. The molecule has 0 aliphatic carbocycles. The van der Waals surface area contributed by atoms with Crippen molar-refractivity contribution in [2.75, 3.05) is 26.7 Å². The molecule has 0 radical (unpaired) electrons. The maximum atomic E-state index is 3.23. The molecule has 1 atom stereocenters. The molecule has 0 aromatic heterocycles. The van der Waals surface area contributed by atoms with Gasteiger partial charge in [-0.25, -0.2) is 0 Å². The van der Waals surface area contributed by atoms with Crippen LogP contribution in [0.4, 0.5) is 0 Å². The largest absolute Gasteiger partial charge is 0.320 e. The van der Waals surface area contributed by atoms with E-state index in [9.17, 15) is 0 Å². The summed E-state index contributed by atoms with van der Waals surface area (Å²) in [6, 6.07) is 0.756. The molecule has 1 unspecified atom stereocenters. The summed E-state index contributed by atoms with van der Waals surface area (Å²) in [5, 5.41) is 3.23. The molecule has 0 aliphatic heterocycles. The average Bonchev–Trinajstić information content (AvgIpc) is 2.29. The van der Waals surface area contributed by atoms with E-state index < -0.39 is 0 Å². The van der Waals surface area contributed by atoms with Crippen LogP contribution in [-0.4, -0.2) is 37.6 Å². The zero-order valence-electron chi connectivity index (χ0n) is 11.9. The minimum absolute atomic E-state index is 0.756. The Kier molecular flexibility index (Phi) is 11.3. The fourth-order valence-corrected chi connectivity index (χ4v) is 2.03. The Morgan fingerprint density at radius 3 is 2.00 bits per heavy atom. The minimum atomic E-state index is 0.756. The Hall–Kier alpha value is -0.0800. The number of hydrogen-bond donors (Lipinski definition) is 1. The van der Waals surface area contributed by atoms with Crippen molar-refractivity contribution in [2.45, 2.75) is 65.3 Å². The summed E-state index contributed by atoms with van der Waals surface area (Å²) in [6.07, 6.45) is 7.94. The normalized spacial score (nSPS) is 13.3. The summed E-state index contributed by atoms with van der Waals surface area (Å²) >= 11 is 0. The van der Waals surface area contributed by atoms with Crippen LogP contribution in [0.5, 0.6) is 0 Å². The summed E-state index contributed by atoms with van der Waals surface area (Å²) in [6.45, 7) is 10.7. The van der Waals surface area contributed by atoms with Crippen molar-refractivity contribution in [3.05, 3.63) is 0 Å². The minimum Gasteiger partial charge on any atom is -0.320 e. The van der Waals surface area contributed by atoms with Gasteiger partial charge in [0.05, 0.1) is 0 Å². The second-order valence-corrected chi connectivity index (χ2v) is 4.84. The second-order valence-electron chi connectivity index (χ2n) is 4.84. The van der Waals surface area contributed by atoms with Gasteiger partial charge in [0.25, 0.3) is 0 Å². The van der Waals surface area contributed by atoms with Crippen LogP contribution in [0.2, 0.25) is 0 Å². The SMILES string of the molecule is CCCCN(CCCC)C(C)CCCNC. The highest BCUT2D eigenvalue weighted by atomic mass is 15.1. The lowest BCUT2D eigenvalue weighted by Crippen LogP contribution is -2.35. The molecule has 0 aromatic rings. The number of rotatable bonds is 11. The van der Waals surface area contributed by atoms with Gasteiger partial charge in [0.1, 0.15) is 0 Å². The van der Waals surface area contributed by atoms with E-state index in [0.29, 0.717) is 0 Å². The van der Waals surface area contributed by atoms with Crippen LogP contribution in [0.25, 0.3) is 0 Å². The van der Waals surface area contributed by atoms with Crippen LogP contribution in [0.3, 0.4) is 0 Å². The van der Waals surface area contributed by atoms with Crippen LogP contribution < -0.4 is 5.32 Å². The molecule has 0 saturated carbocycles. The first-order valence-corrected chi connectivity index (χ1v) is 7.14. The smallest absolute Gasteiger partial charge is 0.00674 e. The van der Waals surface area contributed by atoms with Gasteiger partial charge in [0, 0.05) is 6.04 Å². The van der Waals surface area contributed by atoms with Crippen molar-refractivity contribution in [1.29, 1.82) is 0 Å². The molecule has 2 nitrogen and oxygen atoms in total. The van der Waals surface area contributed by atoms with E-state index >= 15 is 0 Å². The highest BCUT2D eigenvalue weighted by Crippen LogP contribution is 2.09. The molecule has 0 aliphatic rings. The molecule has 0 rings (SSSR count). The molecular weight excluding hydrogens is 196 g/mol. The van der Waals surface area contributed by atoms with Gasteiger partial charge in [-0.3, -0.25) is 0 Å². The molecule has 16 heavy (non-hydrogen) atoms. The fourth-order valence-electron chi connectivity index (χ4n) is 2.03. The summed E-state index contributed by atoms with van der Waals surface area (Å²) in [7, 11) is 2.04. The van der Waals surface area contributed by atoms with E-state index in [4.69, 9.17) is 0 Å². The third-order valence-corrected chi connectivity index (χ3v) is 3.27. The van der Waals surface area contributed by atoms with Crippen molar-refractivity contribution in [2.24, 2.45) is 0 Å². The van der Waals surface area contributed by atoms with Gasteiger partial charge in [-0.05, 0) is 59.3 Å². The fraction of sp³-hybridized carbons (Fsp3) is 1.00. The number of nitrogens with one attached hydrogen (secondary N) is 1. The van der Waals surface area contributed by atoms with E-state index in [1.807, 2.05) is 7.05 Å². The van der Waals surface area contributed by atoms with Crippen molar-refractivity contribution >= 4 is 0 Å². The predicted molar refractivity (Wildman–Crippen MR) is 74.0 cm³/mol. The molecular formula is C14H32N2. The molecule has 0 amide bonds. The first-order chi connectivity index (χ1) is 7.76. The van der Waals surface area contributed by atoms with Gasteiger partial charge in [0.15, 0.2) is 0 Å². The summed E-state index contributed by atoms with van der Waals surface area (Å²) in [5.41, 5.74) is 0. The molecule has 0 spiro atoms. The molecule has 0 saturated heterocycles. The first-order valence-electron chi connectivity index (χ1n) is 7.14. The van der Waals surface area contributed by atoms with Crippen LogP contribution >= 0.6 is 0 Å². The summed E-state index contributed by atoms with van der Waals surface area (Å²) < 4.78 is 0. The predicted octanol–water partition coefficient (Wildman–Crippen LogP) is 3.28. The molecule has 0 heterocycles. The highest BCUT2D eigenvalue weighted by molar-refractivity contribution is 4.67. The third-order valence-electron chi connectivity index (χ3n) is 3.27. The molecule has 98 valence electrons. The van der Waals surface area contributed by atoms with Crippen molar-refractivity contribution in [3.8, 4) is 0 Å². The zero-order chi connectivity index (χ0) is 12.2. The average molecular weight is 228 g/mol. The molecule has 0 aromatic carbocycles. The van der Waals surface area contributed by atoms with Crippen LogP contribution in [-0.2, 0) is 0 Å². The number of hydrogen-bond acceptors (Lipinski definition) is 2. The third kappa shape index (κ3) is 8.12. The molecule has 2 heteroatoms. The van der Waals surface area contributed by atoms with Gasteiger partial charge in [0.2, 0.25) is 0 Å². The highest BCUT2D eigenvalue weighted by Gasteiger charge is 2.11. The summed E-state index contributed by atoms with van der Waals surface area (Å²) in [4.78, 5) is 2.68. The lowest BCUT2D eigenvalue weighted by atomic mass is 10.1. The van der Waals surface area contributed by atoms with E-state index in [1.165, 1.54) is 51.6 Å². The summed E-state index contributed by atoms with van der Waals surface area (Å²) in [5.74, 6) is 0. The molecule has 0 fully saturated rings. The van der Waals surface area contributed by atoms with Gasteiger partial charge in [-0.15, -0.1) is 0 Å². The molecule has 0 bridgehead atoms. The lowest BCUT2D eigenvalue weighted by molar-refractivity contribution is 0.191. The van der Waals surface area contributed by atoms with Crippen molar-refractivity contribution in [3.63, 3.8) is 0 Å². The maximum Gasteiger partial charge on any atom is 0.00674 e. The quantitative estimate of drug-likeness (QED) is 0.546. The molecule has 1 N–H and O–H groups in total. The topological polar surface area (TPSA) is 15.3 Å². The maximum absolute atomic E-state index is 3.23. The van der Waals surface area contributed by atoms with Gasteiger partial charge in [-0.2, -0.15) is 0 Å². The van der Waals surface area contributed by atoms with Crippen LogP contribution in [0.15, 0.2) is 0 Å². The lowest BCUT2D eigenvalue weighted by Gasteiger charge is -2.29.